The van der Waals surface area contributed by atoms with Crippen LogP contribution in [0.1, 0.15) is 32.1 Å². The summed E-state index contributed by atoms with van der Waals surface area (Å²) < 4.78 is 0. The van der Waals surface area contributed by atoms with E-state index in [1.165, 1.54) is 0 Å². The lowest BCUT2D eigenvalue weighted by Crippen LogP contribution is -2.34. The Bertz CT molecular complexity index is 159. The zero-order valence-corrected chi connectivity index (χ0v) is 7.55. The Morgan fingerprint density at radius 2 is 2.00 bits per heavy atom. The molecule has 1 saturated carbocycles. The number of hydrogen-bond donors (Lipinski definition) is 2. The van der Waals surface area contributed by atoms with E-state index in [1.54, 1.807) is 7.05 Å². The minimum absolute atomic E-state index is 0.00981. The molecule has 70 valence electrons. The van der Waals surface area contributed by atoms with Crippen molar-refractivity contribution in [2.24, 2.45) is 5.92 Å². The third-order valence-corrected chi connectivity index (χ3v) is 2.56. The fraction of sp³-hybridized carbons (Fsp3) is 0.889. The smallest absolute Gasteiger partial charge is 0.225 e. The number of rotatable bonds is 1. The number of amides is 1. The molecule has 0 radical (unpaired) electrons. The van der Waals surface area contributed by atoms with Crippen LogP contribution in [0, 0.1) is 5.92 Å². The van der Waals surface area contributed by atoms with Crippen molar-refractivity contribution >= 4 is 5.91 Å². The molecule has 12 heavy (non-hydrogen) atoms. The van der Waals surface area contributed by atoms with E-state index in [4.69, 9.17) is 0 Å². The predicted molar refractivity (Wildman–Crippen MR) is 46.6 cm³/mol. The fourth-order valence-corrected chi connectivity index (χ4v) is 1.78. The molecule has 2 atom stereocenters. The van der Waals surface area contributed by atoms with Crippen molar-refractivity contribution in [1.29, 1.82) is 0 Å². The Balaban J connectivity index is 2.52. The summed E-state index contributed by atoms with van der Waals surface area (Å²) in [5.74, 6) is -0.179. The first-order chi connectivity index (χ1) is 5.75. The monoisotopic (exact) mass is 171 g/mol. The van der Waals surface area contributed by atoms with Crippen LogP contribution in [0.25, 0.3) is 0 Å². The Morgan fingerprint density at radius 3 is 2.67 bits per heavy atom. The number of aliphatic hydroxyl groups excluding tert-OH is 1. The van der Waals surface area contributed by atoms with Gasteiger partial charge in [-0.2, -0.15) is 0 Å². The Kier molecular flexibility index (Phi) is 3.53. The van der Waals surface area contributed by atoms with Crippen LogP contribution < -0.4 is 5.32 Å². The lowest BCUT2D eigenvalue weighted by Gasteiger charge is -2.17. The lowest BCUT2D eigenvalue weighted by atomic mass is 9.96. The highest BCUT2D eigenvalue weighted by molar-refractivity contribution is 5.78. The molecule has 0 unspecified atom stereocenters. The van der Waals surface area contributed by atoms with Gasteiger partial charge in [-0.1, -0.05) is 19.3 Å². The summed E-state index contributed by atoms with van der Waals surface area (Å²) in [5, 5.41) is 12.2. The quantitative estimate of drug-likeness (QED) is 0.570. The van der Waals surface area contributed by atoms with Crippen LogP contribution in [-0.4, -0.2) is 24.2 Å². The summed E-state index contributed by atoms with van der Waals surface area (Å²) >= 11 is 0. The van der Waals surface area contributed by atoms with E-state index >= 15 is 0 Å². The Labute approximate surface area is 73.2 Å². The second-order valence-electron chi connectivity index (χ2n) is 3.43. The molecule has 0 bridgehead atoms. The summed E-state index contributed by atoms with van der Waals surface area (Å²) in [7, 11) is 1.62. The average molecular weight is 171 g/mol. The van der Waals surface area contributed by atoms with Crippen LogP contribution in [0.5, 0.6) is 0 Å². The molecule has 0 aromatic rings. The normalized spacial score (nSPS) is 30.8. The van der Waals surface area contributed by atoms with Gasteiger partial charge in [-0.05, 0) is 12.8 Å². The van der Waals surface area contributed by atoms with E-state index < -0.39 is 6.10 Å². The van der Waals surface area contributed by atoms with Crippen molar-refractivity contribution in [2.45, 2.75) is 38.2 Å². The molecule has 0 saturated heterocycles. The largest absolute Gasteiger partial charge is 0.392 e. The molecule has 1 rings (SSSR count). The molecular weight excluding hydrogens is 154 g/mol. The molecule has 0 aromatic heterocycles. The minimum Gasteiger partial charge on any atom is -0.392 e. The van der Waals surface area contributed by atoms with E-state index in [2.05, 4.69) is 5.32 Å². The molecule has 0 spiro atoms. The van der Waals surface area contributed by atoms with Crippen molar-refractivity contribution < 1.29 is 9.90 Å². The highest BCUT2D eigenvalue weighted by Gasteiger charge is 2.26. The topological polar surface area (TPSA) is 49.3 Å². The summed E-state index contributed by atoms with van der Waals surface area (Å²) in [5.41, 5.74) is 0. The van der Waals surface area contributed by atoms with Crippen molar-refractivity contribution in [3.8, 4) is 0 Å². The predicted octanol–water partition coefficient (Wildman–Crippen LogP) is 0.674. The van der Waals surface area contributed by atoms with Crippen LogP contribution in [-0.2, 0) is 4.79 Å². The van der Waals surface area contributed by atoms with Gasteiger partial charge in [-0.25, -0.2) is 0 Å². The van der Waals surface area contributed by atoms with Crippen LogP contribution in [0.3, 0.4) is 0 Å². The number of nitrogens with one attached hydrogen (secondary N) is 1. The van der Waals surface area contributed by atoms with Gasteiger partial charge in [0.25, 0.3) is 0 Å². The highest BCUT2D eigenvalue weighted by atomic mass is 16.3. The van der Waals surface area contributed by atoms with Crippen molar-refractivity contribution in [3.63, 3.8) is 0 Å². The van der Waals surface area contributed by atoms with Gasteiger partial charge in [0.2, 0.25) is 5.91 Å². The van der Waals surface area contributed by atoms with Crippen molar-refractivity contribution in [3.05, 3.63) is 0 Å². The van der Waals surface area contributed by atoms with Crippen LogP contribution in [0.4, 0.5) is 0 Å². The number of hydrogen-bond acceptors (Lipinski definition) is 2. The molecule has 1 aliphatic rings. The van der Waals surface area contributed by atoms with Gasteiger partial charge in [-0.3, -0.25) is 4.79 Å². The Morgan fingerprint density at radius 1 is 1.33 bits per heavy atom. The molecule has 3 nitrogen and oxygen atoms in total. The van der Waals surface area contributed by atoms with Gasteiger partial charge in [0, 0.05) is 7.05 Å². The lowest BCUT2D eigenvalue weighted by molar-refractivity contribution is -0.128. The summed E-state index contributed by atoms with van der Waals surface area (Å²) in [6.45, 7) is 0. The van der Waals surface area contributed by atoms with Gasteiger partial charge in [-0.15, -0.1) is 0 Å². The third-order valence-electron chi connectivity index (χ3n) is 2.56. The number of carbonyl (C=O) groups excluding carboxylic acids is 1. The summed E-state index contributed by atoms with van der Waals surface area (Å²) in [6, 6.07) is 0. The first kappa shape index (κ1) is 9.52. The molecule has 0 aliphatic heterocycles. The second-order valence-corrected chi connectivity index (χ2v) is 3.43. The molecule has 0 heterocycles. The van der Waals surface area contributed by atoms with E-state index in [1.807, 2.05) is 0 Å². The van der Waals surface area contributed by atoms with Gasteiger partial charge < -0.3 is 10.4 Å². The van der Waals surface area contributed by atoms with Gasteiger partial charge in [0.15, 0.2) is 0 Å². The van der Waals surface area contributed by atoms with Gasteiger partial charge in [0.05, 0.1) is 12.0 Å². The fourth-order valence-electron chi connectivity index (χ4n) is 1.78. The molecule has 3 heteroatoms. The Hall–Kier alpha value is -0.570. The van der Waals surface area contributed by atoms with Crippen LogP contribution in [0.2, 0.25) is 0 Å². The maximum Gasteiger partial charge on any atom is 0.225 e. The molecule has 1 aliphatic carbocycles. The minimum atomic E-state index is -0.424. The SMILES string of the molecule is CNC(=O)[C@H]1CCCCC[C@@H]1O. The molecule has 0 aromatic carbocycles. The van der Waals surface area contributed by atoms with E-state index in [-0.39, 0.29) is 11.8 Å². The van der Waals surface area contributed by atoms with E-state index in [0.717, 1.165) is 32.1 Å². The van der Waals surface area contributed by atoms with Crippen molar-refractivity contribution in [1.82, 2.24) is 5.32 Å². The third kappa shape index (κ3) is 2.21. The van der Waals surface area contributed by atoms with Crippen LogP contribution >= 0.6 is 0 Å². The van der Waals surface area contributed by atoms with E-state index in [9.17, 15) is 9.90 Å². The number of aliphatic hydroxyl groups is 1. The molecule has 2 N–H and O–H groups in total. The second kappa shape index (κ2) is 4.45. The van der Waals surface area contributed by atoms with Crippen molar-refractivity contribution in [2.75, 3.05) is 7.05 Å². The maximum absolute atomic E-state index is 11.3. The van der Waals surface area contributed by atoms with E-state index in [0.29, 0.717) is 0 Å². The first-order valence-corrected chi connectivity index (χ1v) is 4.65. The van der Waals surface area contributed by atoms with Gasteiger partial charge in [0.1, 0.15) is 0 Å². The zero-order chi connectivity index (χ0) is 8.97. The summed E-state index contributed by atoms with van der Waals surface area (Å²) in [6.07, 6.45) is 4.44. The molecular formula is C9H17NO2. The first-order valence-electron chi connectivity index (χ1n) is 4.65. The molecule has 1 amide bonds. The summed E-state index contributed by atoms with van der Waals surface area (Å²) in [4.78, 5) is 11.3. The number of carbonyl (C=O) groups is 1. The highest BCUT2D eigenvalue weighted by Crippen LogP contribution is 2.23. The zero-order valence-electron chi connectivity index (χ0n) is 7.55. The van der Waals surface area contributed by atoms with Crippen LogP contribution in [0.15, 0.2) is 0 Å². The maximum atomic E-state index is 11.3. The molecule has 1 fully saturated rings. The van der Waals surface area contributed by atoms with Gasteiger partial charge >= 0.3 is 0 Å². The standard InChI is InChI=1S/C9H17NO2/c1-10-9(12)7-5-3-2-4-6-8(7)11/h7-8,11H,2-6H2,1H3,(H,10,12)/t7-,8-/m0/s1. The average Bonchev–Trinajstić information content (AvgIpc) is 2.28.